The highest BCUT2D eigenvalue weighted by Gasteiger charge is 2.55. The molecular formula is C28H31F6NO4. The fraction of sp³-hybridized carbons (Fsp3) is 0.536. The number of hydroxylamine groups is 1. The summed E-state index contributed by atoms with van der Waals surface area (Å²) in [6, 6.07) is 10.6. The molecule has 1 saturated carbocycles. The lowest BCUT2D eigenvalue weighted by atomic mass is 9.64. The van der Waals surface area contributed by atoms with Crippen molar-refractivity contribution in [3.63, 3.8) is 0 Å². The van der Waals surface area contributed by atoms with Crippen molar-refractivity contribution in [1.82, 2.24) is 5.48 Å². The van der Waals surface area contributed by atoms with Gasteiger partial charge in [-0.1, -0.05) is 30.3 Å². The van der Waals surface area contributed by atoms with Crippen LogP contribution < -0.4 is 10.2 Å². The highest BCUT2D eigenvalue weighted by Crippen LogP contribution is 2.54. The molecule has 1 aliphatic carbocycles. The van der Waals surface area contributed by atoms with Crippen molar-refractivity contribution in [2.75, 3.05) is 6.61 Å². The van der Waals surface area contributed by atoms with Crippen molar-refractivity contribution >= 4 is 5.97 Å². The largest absolute Gasteiger partial charge is 0.484 e. The lowest BCUT2D eigenvalue weighted by Crippen LogP contribution is -2.47. The van der Waals surface area contributed by atoms with Gasteiger partial charge in [-0.3, -0.25) is 9.63 Å². The second kappa shape index (κ2) is 10.6. The van der Waals surface area contributed by atoms with Gasteiger partial charge < -0.3 is 9.47 Å². The number of hydrogen-bond acceptors (Lipinski definition) is 5. The van der Waals surface area contributed by atoms with Gasteiger partial charge in [-0.25, -0.2) is 0 Å². The Kier molecular flexibility index (Phi) is 7.97. The molecule has 39 heavy (non-hydrogen) atoms. The van der Waals surface area contributed by atoms with Crippen molar-refractivity contribution in [2.45, 2.75) is 82.0 Å². The molecule has 4 rings (SSSR count). The minimum Gasteiger partial charge on any atom is -0.484 e. The summed E-state index contributed by atoms with van der Waals surface area (Å²) in [5, 5.41) is 0. The fourth-order valence-corrected chi connectivity index (χ4v) is 5.56. The number of nitrogens with one attached hydrogen (secondary N) is 1. The maximum Gasteiger partial charge on any atom is 0.422 e. The van der Waals surface area contributed by atoms with Gasteiger partial charge in [0.15, 0.2) is 6.61 Å². The van der Waals surface area contributed by atoms with E-state index in [1.54, 1.807) is 20.8 Å². The third-order valence-electron chi connectivity index (χ3n) is 7.01. The fourth-order valence-electron chi connectivity index (χ4n) is 5.56. The Morgan fingerprint density at radius 1 is 1.05 bits per heavy atom. The smallest absolute Gasteiger partial charge is 0.422 e. The van der Waals surface area contributed by atoms with Crippen LogP contribution in [0.25, 0.3) is 0 Å². The summed E-state index contributed by atoms with van der Waals surface area (Å²) < 4.78 is 89.9. The molecular weight excluding hydrogens is 528 g/mol. The molecule has 2 aliphatic rings. The van der Waals surface area contributed by atoms with E-state index in [2.05, 4.69) is 5.48 Å². The Bertz CT molecular complexity index is 1160. The highest BCUT2D eigenvalue weighted by molar-refractivity contribution is 5.75. The molecule has 2 fully saturated rings. The number of halogens is 6. The van der Waals surface area contributed by atoms with Gasteiger partial charge in [0.25, 0.3) is 0 Å². The molecule has 1 aliphatic heterocycles. The summed E-state index contributed by atoms with van der Waals surface area (Å²) in [5.41, 5.74) is 0.697. The van der Waals surface area contributed by atoms with E-state index in [-0.39, 0.29) is 17.7 Å². The minimum atomic E-state index is -4.71. The van der Waals surface area contributed by atoms with Gasteiger partial charge in [0, 0.05) is 17.9 Å². The monoisotopic (exact) mass is 559 g/mol. The standard InChI is InChI=1S/C28H31F6NO4/c1-25(2,3)38-24(36)19-10-7-13-26(23(19)17-8-5-4-6-9-17)15-21(35-39-26)20-14-18(28(32,33)34)11-12-22(20)37-16-27(29,30)31/h4-6,8-9,11-12,14,19,21,23,35H,7,10,13,15-16H2,1-3H3/t19?,21-,23-,26-/m1/s1. The first-order valence-corrected chi connectivity index (χ1v) is 12.7. The Balaban J connectivity index is 1.72. The van der Waals surface area contributed by atoms with Gasteiger partial charge in [0.1, 0.15) is 11.4 Å². The normalized spacial score (nSPS) is 26.0. The van der Waals surface area contributed by atoms with Crippen LogP contribution in [0.2, 0.25) is 0 Å². The van der Waals surface area contributed by atoms with E-state index in [0.29, 0.717) is 25.3 Å². The van der Waals surface area contributed by atoms with Crippen LogP contribution in [-0.4, -0.2) is 30.0 Å². The van der Waals surface area contributed by atoms with E-state index in [1.807, 2.05) is 30.3 Å². The minimum absolute atomic E-state index is 0.0999. The van der Waals surface area contributed by atoms with Crippen LogP contribution in [-0.2, 0) is 20.5 Å². The van der Waals surface area contributed by atoms with Gasteiger partial charge in [-0.15, -0.1) is 0 Å². The van der Waals surface area contributed by atoms with Crippen LogP contribution in [0.5, 0.6) is 5.75 Å². The number of alkyl halides is 6. The number of carbonyl (C=O) groups excluding carboxylic acids is 1. The SMILES string of the molecule is CC(C)(C)OC(=O)C1CCC[C@@]2(C[C@H](c3cc(C(F)(F)F)ccc3OCC(F)(F)F)NO2)[C@@H]1c1ccccc1. The summed E-state index contributed by atoms with van der Waals surface area (Å²) in [6.07, 6.45) is -7.70. The van der Waals surface area contributed by atoms with Crippen LogP contribution in [0.15, 0.2) is 48.5 Å². The predicted molar refractivity (Wildman–Crippen MR) is 130 cm³/mol. The van der Waals surface area contributed by atoms with Crippen molar-refractivity contribution in [2.24, 2.45) is 5.92 Å². The first-order chi connectivity index (χ1) is 18.1. The summed E-state index contributed by atoms with van der Waals surface area (Å²) in [6.45, 7) is 3.64. The van der Waals surface area contributed by atoms with E-state index in [1.165, 1.54) is 0 Å². The molecule has 0 radical (unpaired) electrons. The quantitative estimate of drug-likeness (QED) is 0.308. The van der Waals surface area contributed by atoms with Crippen molar-refractivity contribution in [3.05, 3.63) is 65.2 Å². The Labute approximate surface area is 222 Å². The first-order valence-electron chi connectivity index (χ1n) is 12.7. The van der Waals surface area contributed by atoms with Gasteiger partial charge in [-0.2, -0.15) is 31.8 Å². The molecule has 1 saturated heterocycles. The number of carbonyl (C=O) groups is 1. The van der Waals surface area contributed by atoms with Crippen LogP contribution in [0.3, 0.4) is 0 Å². The number of esters is 1. The number of rotatable bonds is 5. The molecule has 2 aromatic carbocycles. The van der Waals surface area contributed by atoms with E-state index in [9.17, 15) is 31.1 Å². The van der Waals surface area contributed by atoms with Crippen LogP contribution in [0, 0.1) is 5.92 Å². The second-order valence-corrected chi connectivity index (χ2v) is 11.1. The Morgan fingerprint density at radius 2 is 1.74 bits per heavy atom. The molecule has 0 aromatic heterocycles. The van der Waals surface area contributed by atoms with Gasteiger partial charge in [0.05, 0.1) is 23.1 Å². The molecule has 11 heteroatoms. The van der Waals surface area contributed by atoms with Crippen LogP contribution in [0.1, 0.15) is 75.1 Å². The topological polar surface area (TPSA) is 56.8 Å². The molecule has 0 amide bonds. The van der Waals surface area contributed by atoms with Gasteiger partial charge >= 0.3 is 18.3 Å². The third-order valence-corrected chi connectivity index (χ3v) is 7.01. The van der Waals surface area contributed by atoms with Crippen molar-refractivity contribution in [3.8, 4) is 5.75 Å². The number of hydrogen-bond donors (Lipinski definition) is 1. The van der Waals surface area contributed by atoms with Crippen molar-refractivity contribution in [1.29, 1.82) is 0 Å². The molecule has 1 heterocycles. The number of ether oxygens (including phenoxy) is 2. The number of benzene rings is 2. The lowest BCUT2D eigenvalue weighted by molar-refractivity contribution is -0.170. The van der Waals surface area contributed by atoms with E-state index in [4.69, 9.17) is 14.3 Å². The molecule has 1 N–H and O–H groups in total. The van der Waals surface area contributed by atoms with Gasteiger partial charge in [-0.05, 0) is 63.8 Å². The van der Waals surface area contributed by atoms with E-state index >= 15 is 0 Å². The summed E-state index contributed by atoms with van der Waals surface area (Å²) in [4.78, 5) is 19.5. The second-order valence-electron chi connectivity index (χ2n) is 11.1. The zero-order chi connectivity index (χ0) is 28.6. The molecule has 2 aromatic rings. The zero-order valence-corrected chi connectivity index (χ0v) is 21.8. The highest BCUT2D eigenvalue weighted by atomic mass is 19.4. The summed E-state index contributed by atoms with van der Waals surface area (Å²) in [7, 11) is 0. The molecule has 0 bridgehead atoms. The van der Waals surface area contributed by atoms with Crippen molar-refractivity contribution < 1.29 is 45.4 Å². The maximum absolute atomic E-state index is 13.5. The Morgan fingerprint density at radius 3 is 2.36 bits per heavy atom. The maximum atomic E-state index is 13.5. The Hall–Kier alpha value is -2.79. The average Bonchev–Trinajstić information content (AvgIpc) is 3.24. The van der Waals surface area contributed by atoms with E-state index < -0.39 is 59.6 Å². The lowest BCUT2D eigenvalue weighted by Gasteiger charge is -2.44. The summed E-state index contributed by atoms with van der Waals surface area (Å²) in [5.74, 6) is -1.83. The zero-order valence-electron chi connectivity index (χ0n) is 21.8. The first kappa shape index (κ1) is 29.2. The molecule has 214 valence electrons. The molecule has 5 nitrogen and oxygen atoms in total. The average molecular weight is 560 g/mol. The van der Waals surface area contributed by atoms with Crippen LogP contribution in [0.4, 0.5) is 26.3 Å². The van der Waals surface area contributed by atoms with Gasteiger partial charge in [0.2, 0.25) is 0 Å². The molecule has 1 spiro atoms. The molecule has 4 atom stereocenters. The third kappa shape index (κ3) is 6.87. The molecule has 1 unspecified atom stereocenters. The predicted octanol–water partition coefficient (Wildman–Crippen LogP) is 7.28. The summed E-state index contributed by atoms with van der Waals surface area (Å²) >= 11 is 0. The van der Waals surface area contributed by atoms with Crippen LogP contribution >= 0.6 is 0 Å². The van der Waals surface area contributed by atoms with E-state index in [0.717, 1.165) is 17.7 Å².